The molecule has 1 saturated carbocycles. The first-order valence-electron chi connectivity index (χ1n) is 9.45. The summed E-state index contributed by atoms with van der Waals surface area (Å²) in [7, 11) is -1.42. The number of guanidine groups is 1. The van der Waals surface area contributed by atoms with Crippen molar-refractivity contribution >= 4 is 27.7 Å². The van der Waals surface area contributed by atoms with Crippen LogP contribution in [0.25, 0.3) is 0 Å². The lowest BCUT2D eigenvalue weighted by Crippen LogP contribution is -2.47. The van der Waals surface area contributed by atoms with Crippen LogP contribution in [0.15, 0.2) is 4.99 Å². The normalized spacial score (nSPS) is 26.6. The second-order valence-electron chi connectivity index (χ2n) is 7.33. The van der Waals surface area contributed by atoms with Gasteiger partial charge in [0.2, 0.25) is 10.0 Å². The highest BCUT2D eigenvalue weighted by atomic mass is 32.2. The highest BCUT2D eigenvalue weighted by Crippen LogP contribution is 2.29. The van der Waals surface area contributed by atoms with E-state index in [2.05, 4.69) is 29.5 Å². The van der Waals surface area contributed by atoms with Gasteiger partial charge in [0.25, 0.3) is 0 Å². The summed E-state index contributed by atoms with van der Waals surface area (Å²) >= 11 is 1.82. The zero-order valence-electron chi connectivity index (χ0n) is 15.8. The van der Waals surface area contributed by atoms with E-state index in [4.69, 9.17) is 0 Å². The molecule has 2 N–H and O–H groups in total. The van der Waals surface area contributed by atoms with Crippen molar-refractivity contribution < 1.29 is 8.42 Å². The number of aliphatic imine (C=N–C) groups is 1. The molecule has 2 rings (SSSR count). The average molecular weight is 391 g/mol. The molecule has 0 atom stereocenters. The second kappa shape index (κ2) is 10.0. The smallest absolute Gasteiger partial charge is 0.215 e. The summed E-state index contributed by atoms with van der Waals surface area (Å²) in [6.45, 7) is 6.28. The number of hydrogen-bond donors (Lipinski definition) is 2. The molecule has 1 aliphatic carbocycles. The third-order valence-electron chi connectivity index (χ3n) is 5.30. The minimum absolute atomic E-state index is 0.123. The fourth-order valence-electron chi connectivity index (χ4n) is 3.57. The summed E-state index contributed by atoms with van der Waals surface area (Å²) in [6.07, 6.45) is 4.84. The van der Waals surface area contributed by atoms with Gasteiger partial charge in [-0.15, -0.1) is 0 Å². The Morgan fingerprint density at radius 2 is 1.84 bits per heavy atom. The fraction of sp³-hybridized carbons (Fsp3) is 0.941. The summed E-state index contributed by atoms with van der Waals surface area (Å²) < 4.78 is 26.3. The molecule has 0 spiro atoms. The van der Waals surface area contributed by atoms with E-state index < -0.39 is 10.0 Å². The van der Waals surface area contributed by atoms with E-state index >= 15 is 0 Å². The molecule has 2 aliphatic rings. The Labute approximate surface area is 157 Å². The van der Waals surface area contributed by atoms with Crippen LogP contribution in [0.2, 0.25) is 0 Å². The molecule has 0 radical (unpaired) electrons. The summed E-state index contributed by atoms with van der Waals surface area (Å²) in [5.41, 5.74) is 0. The van der Waals surface area contributed by atoms with Crippen molar-refractivity contribution in [1.82, 2.24) is 14.9 Å². The highest BCUT2D eigenvalue weighted by molar-refractivity contribution is 7.99. The Kier molecular flexibility index (Phi) is 8.35. The van der Waals surface area contributed by atoms with Gasteiger partial charge in [0.1, 0.15) is 0 Å². The van der Waals surface area contributed by atoms with Crippen molar-refractivity contribution in [3.05, 3.63) is 0 Å². The maximum atomic E-state index is 12.4. The number of thioether (sulfide) groups is 1. The van der Waals surface area contributed by atoms with Gasteiger partial charge in [-0.1, -0.05) is 13.8 Å². The van der Waals surface area contributed by atoms with E-state index in [0.29, 0.717) is 25.7 Å². The fourth-order valence-corrected chi connectivity index (χ4v) is 6.06. The molecule has 1 saturated heterocycles. The van der Waals surface area contributed by atoms with E-state index in [-0.39, 0.29) is 5.75 Å². The molecule has 0 amide bonds. The molecular weight excluding hydrogens is 356 g/mol. The predicted molar refractivity (Wildman–Crippen MR) is 108 cm³/mol. The molecule has 25 heavy (non-hydrogen) atoms. The SMILES string of the molecule is CN=C(NCCS(=O)(=O)N1CCSCC1)NC1CCC(C(C)C)CC1. The third kappa shape index (κ3) is 6.64. The number of hydrogen-bond acceptors (Lipinski definition) is 4. The van der Waals surface area contributed by atoms with Crippen molar-refractivity contribution in [2.45, 2.75) is 45.6 Å². The Bertz CT molecular complexity index is 523. The molecule has 0 aromatic heterocycles. The van der Waals surface area contributed by atoms with Crippen LogP contribution >= 0.6 is 11.8 Å². The van der Waals surface area contributed by atoms with Crippen LogP contribution in [0.3, 0.4) is 0 Å². The number of sulfonamides is 1. The molecule has 1 heterocycles. The van der Waals surface area contributed by atoms with Crippen molar-refractivity contribution in [2.24, 2.45) is 16.8 Å². The van der Waals surface area contributed by atoms with Crippen LogP contribution in [0.1, 0.15) is 39.5 Å². The van der Waals surface area contributed by atoms with Gasteiger partial charge in [-0.25, -0.2) is 12.7 Å². The molecule has 2 fully saturated rings. The van der Waals surface area contributed by atoms with Crippen LogP contribution in [0, 0.1) is 11.8 Å². The standard InChI is InChI=1S/C17H34N4O2S2/c1-14(2)15-4-6-16(7-5-15)20-17(18-3)19-8-13-25(22,23)21-9-11-24-12-10-21/h14-16H,4-13H2,1-3H3,(H2,18,19,20). The lowest BCUT2D eigenvalue weighted by molar-refractivity contribution is 0.250. The van der Waals surface area contributed by atoms with Crippen LogP contribution in [0.5, 0.6) is 0 Å². The quantitative estimate of drug-likeness (QED) is 0.534. The molecular formula is C17H34N4O2S2. The third-order valence-corrected chi connectivity index (χ3v) is 8.11. The number of rotatable bonds is 6. The van der Waals surface area contributed by atoms with Crippen molar-refractivity contribution in [3.8, 4) is 0 Å². The largest absolute Gasteiger partial charge is 0.355 e. The zero-order valence-corrected chi connectivity index (χ0v) is 17.5. The van der Waals surface area contributed by atoms with Crippen LogP contribution in [-0.4, -0.2) is 68.7 Å². The van der Waals surface area contributed by atoms with E-state index in [1.807, 2.05) is 11.8 Å². The zero-order chi connectivity index (χ0) is 18.3. The lowest BCUT2D eigenvalue weighted by atomic mass is 9.80. The first-order valence-corrected chi connectivity index (χ1v) is 12.2. The summed E-state index contributed by atoms with van der Waals surface area (Å²) in [5.74, 6) is 4.23. The maximum Gasteiger partial charge on any atom is 0.215 e. The van der Waals surface area contributed by atoms with Gasteiger partial charge >= 0.3 is 0 Å². The van der Waals surface area contributed by atoms with Crippen molar-refractivity contribution in [1.29, 1.82) is 0 Å². The van der Waals surface area contributed by atoms with Crippen molar-refractivity contribution in [3.63, 3.8) is 0 Å². The summed E-state index contributed by atoms with van der Waals surface area (Å²) in [5, 5.41) is 6.63. The van der Waals surface area contributed by atoms with E-state index in [1.54, 1.807) is 11.4 Å². The first kappa shape index (κ1) is 20.8. The minimum Gasteiger partial charge on any atom is -0.355 e. The number of nitrogens with one attached hydrogen (secondary N) is 2. The van der Waals surface area contributed by atoms with Gasteiger partial charge in [0.05, 0.1) is 5.75 Å². The minimum atomic E-state index is -3.16. The Morgan fingerprint density at radius 3 is 2.40 bits per heavy atom. The highest BCUT2D eigenvalue weighted by Gasteiger charge is 2.25. The Hall–Kier alpha value is -0.470. The second-order valence-corrected chi connectivity index (χ2v) is 10.6. The van der Waals surface area contributed by atoms with E-state index in [9.17, 15) is 8.42 Å². The van der Waals surface area contributed by atoms with Gasteiger partial charge in [-0.05, 0) is 37.5 Å². The average Bonchev–Trinajstić information content (AvgIpc) is 2.62. The van der Waals surface area contributed by atoms with Gasteiger partial charge in [-0.2, -0.15) is 11.8 Å². The van der Waals surface area contributed by atoms with Gasteiger partial charge in [0, 0.05) is 44.2 Å². The lowest BCUT2D eigenvalue weighted by Gasteiger charge is -2.32. The first-order chi connectivity index (χ1) is 11.9. The molecule has 0 aromatic rings. The van der Waals surface area contributed by atoms with Crippen LogP contribution in [-0.2, 0) is 10.0 Å². The molecule has 6 nitrogen and oxygen atoms in total. The van der Waals surface area contributed by atoms with Crippen LogP contribution in [0.4, 0.5) is 0 Å². The van der Waals surface area contributed by atoms with Gasteiger partial charge in [-0.3, -0.25) is 4.99 Å². The van der Waals surface area contributed by atoms with E-state index in [1.165, 1.54) is 12.8 Å². The predicted octanol–water partition coefficient (Wildman–Crippen LogP) is 1.74. The monoisotopic (exact) mass is 390 g/mol. The Balaban J connectivity index is 1.72. The van der Waals surface area contributed by atoms with Crippen LogP contribution < -0.4 is 10.6 Å². The Morgan fingerprint density at radius 1 is 1.20 bits per heavy atom. The molecule has 146 valence electrons. The topological polar surface area (TPSA) is 73.8 Å². The maximum absolute atomic E-state index is 12.4. The molecule has 0 aromatic carbocycles. The van der Waals surface area contributed by atoms with Gasteiger partial charge in [0.15, 0.2) is 5.96 Å². The molecule has 0 unspecified atom stereocenters. The summed E-state index contributed by atoms with van der Waals surface area (Å²) in [6, 6.07) is 0.442. The van der Waals surface area contributed by atoms with Crippen molar-refractivity contribution in [2.75, 3.05) is 43.9 Å². The van der Waals surface area contributed by atoms with Gasteiger partial charge < -0.3 is 10.6 Å². The number of nitrogens with zero attached hydrogens (tertiary/aromatic N) is 2. The molecule has 1 aliphatic heterocycles. The molecule has 0 bridgehead atoms. The molecule has 8 heteroatoms. The van der Waals surface area contributed by atoms with E-state index in [0.717, 1.165) is 42.1 Å². The summed E-state index contributed by atoms with van der Waals surface area (Å²) in [4.78, 5) is 4.25.